The van der Waals surface area contributed by atoms with Crippen LogP contribution in [0.25, 0.3) is 0 Å². The fourth-order valence-corrected chi connectivity index (χ4v) is 7.20. The molecular formula is C31H44N4O8S. The summed E-state index contributed by atoms with van der Waals surface area (Å²) in [5.41, 5.74) is 2.64. The van der Waals surface area contributed by atoms with E-state index in [4.69, 9.17) is 4.74 Å². The molecule has 3 rings (SSSR count). The average Bonchev–Trinajstić information content (AvgIpc) is 2.95. The first-order valence-corrected chi connectivity index (χ1v) is 16.4. The molecule has 242 valence electrons. The normalized spacial score (nSPS) is 15.5. The number of nitro benzene ring substituents is 1. The van der Waals surface area contributed by atoms with Crippen LogP contribution < -0.4 is 10.0 Å². The summed E-state index contributed by atoms with van der Waals surface area (Å²) in [4.78, 5) is 37.7. The summed E-state index contributed by atoms with van der Waals surface area (Å²) in [5.74, 6) is -1.38. The number of nitrogens with zero attached hydrogens (tertiary/aromatic N) is 2. The van der Waals surface area contributed by atoms with Crippen LogP contribution in [-0.2, 0) is 26.0 Å². The third-order valence-electron chi connectivity index (χ3n) is 7.76. The first-order valence-electron chi connectivity index (χ1n) is 14.9. The van der Waals surface area contributed by atoms with Crippen molar-refractivity contribution in [2.75, 3.05) is 26.2 Å². The second-order valence-electron chi connectivity index (χ2n) is 12.1. The fourth-order valence-electron chi connectivity index (χ4n) is 5.63. The summed E-state index contributed by atoms with van der Waals surface area (Å²) in [7, 11) is -4.30. The van der Waals surface area contributed by atoms with Crippen molar-refractivity contribution in [3.63, 3.8) is 0 Å². The van der Waals surface area contributed by atoms with Crippen LogP contribution >= 0.6 is 0 Å². The summed E-state index contributed by atoms with van der Waals surface area (Å²) in [6.07, 6.45) is -1.87. The largest absolute Gasteiger partial charge is 0.480 e. The fraction of sp³-hybridized carbons (Fsp3) is 0.548. The van der Waals surface area contributed by atoms with Crippen LogP contribution in [-0.4, -0.2) is 67.6 Å². The summed E-state index contributed by atoms with van der Waals surface area (Å²) in [6, 6.07) is 5.81. The molecule has 0 saturated carbocycles. The molecule has 2 atom stereocenters. The quantitative estimate of drug-likeness (QED) is 0.214. The topological polar surface area (TPSA) is 168 Å². The standard InChI is InChI=1S/C31H44N4O8S/c1-18(2)23-10-11-27(29(20(5)6)28(23)19(3)4)44(41,42)33-25(30(36)37)16-22-8-9-24(26(17-22)35(39)40)21(7)43-31(38)34-14-12-32-13-15-34/h8-11,17-21,25,32-33H,12-16H2,1-7H3,(H,36,37)/t21?,25-/m0/s1. The lowest BCUT2D eigenvalue weighted by Gasteiger charge is -2.28. The van der Waals surface area contributed by atoms with Crippen molar-refractivity contribution >= 4 is 27.8 Å². The van der Waals surface area contributed by atoms with E-state index in [9.17, 15) is 33.2 Å². The number of piperazine rings is 1. The maximum absolute atomic E-state index is 13.7. The first kappa shape index (κ1) is 34.9. The SMILES string of the molecule is CC(C)c1ccc(S(=O)(=O)N[C@@H](Cc2ccc(C(C)OC(=O)N3CCNCC3)c([N+](=O)[O-])c2)C(=O)O)c(C(C)C)c1C(C)C. The van der Waals surface area contributed by atoms with Gasteiger partial charge in [0.1, 0.15) is 12.1 Å². The summed E-state index contributed by atoms with van der Waals surface area (Å²) >= 11 is 0. The molecule has 0 spiro atoms. The molecular weight excluding hydrogens is 588 g/mol. The van der Waals surface area contributed by atoms with Crippen molar-refractivity contribution in [2.24, 2.45) is 0 Å². The molecule has 44 heavy (non-hydrogen) atoms. The molecule has 1 heterocycles. The van der Waals surface area contributed by atoms with Crippen LogP contribution in [0.3, 0.4) is 0 Å². The molecule has 13 heteroatoms. The minimum atomic E-state index is -4.30. The van der Waals surface area contributed by atoms with E-state index in [0.29, 0.717) is 31.7 Å². The van der Waals surface area contributed by atoms with E-state index in [1.165, 1.54) is 36.1 Å². The zero-order valence-electron chi connectivity index (χ0n) is 26.4. The number of carboxylic acid groups (broad SMARTS) is 1. The van der Waals surface area contributed by atoms with Gasteiger partial charge in [-0.3, -0.25) is 14.9 Å². The van der Waals surface area contributed by atoms with E-state index in [2.05, 4.69) is 10.0 Å². The summed E-state index contributed by atoms with van der Waals surface area (Å²) in [6.45, 7) is 15.6. The van der Waals surface area contributed by atoms with Crippen molar-refractivity contribution in [3.05, 3.63) is 68.3 Å². The van der Waals surface area contributed by atoms with Crippen LogP contribution in [0, 0.1) is 10.1 Å². The molecule has 1 saturated heterocycles. The zero-order valence-corrected chi connectivity index (χ0v) is 27.2. The van der Waals surface area contributed by atoms with Crippen LogP contribution in [0.5, 0.6) is 0 Å². The van der Waals surface area contributed by atoms with Gasteiger partial charge in [-0.2, -0.15) is 4.72 Å². The van der Waals surface area contributed by atoms with Crippen LogP contribution in [0.4, 0.5) is 10.5 Å². The Hall–Kier alpha value is -3.55. The third kappa shape index (κ3) is 8.13. The highest BCUT2D eigenvalue weighted by atomic mass is 32.2. The number of ether oxygens (including phenoxy) is 1. The monoisotopic (exact) mass is 632 g/mol. The average molecular weight is 633 g/mol. The molecule has 2 aromatic carbocycles. The lowest BCUT2D eigenvalue weighted by atomic mass is 9.83. The van der Waals surface area contributed by atoms with Gasteiger partial charge in [-0.15, -0.1) is 0 Å². The van der Waals surface area contributed by atoms with E-state index >= 15 is 0 Å². The Morgan fingerprint density at radius 1 is 0.977 bits per heavy atom. The van der Waals surface area contributed by atoms with Gasteiger partial charge in [0.2, 0.25) is 10.0 Å². The Kier molecular flexibility index (Phi) is 11.5. The Morgan fingerprint density at radius 2 is 1.57 bits per heavy atom. The van der Waals surface area contributed by atoms with Gasteiger partial charge >= 0.3 is 12.1 Å². The van der Waals surface area contributed by atoms with Gasteiger partial charge in [-0.1, -0.05) is 53.7 Å². The number of carbonyl (C=O) groups is 2. The zero-order chi connectivity index (χ0) is 32.9. The Labute approximate surface area is 259 Å². The molecule has 1 fully saturated rings. The number of rotatable bonds is 12. The highest BCUT2D eigenvalue weighted by Crippen LogP contribution is 2.37. The van der Waals surface area contributed by atoms with Gasteiger partial charge in [0.15, 0.2) is 0 Å². The molecule has 0 bridgehead atoms. The van der Waals surface area contributed by atoms with E-state index in [1.54, 1.807) is 6.07 Å². The molecule has 0 aromatic heterocycles. The Bertz CT molecular complexity index is 1480. The molecule has 1 aliphatic rings. The summed E-state index contributed by atoms with van der Waals surface area (Å²) < 4.78 is 35.3. The van der Waals surface area contributed by atoms with Gasteiger partial charge in [-0.25, -0.2) is 13.2 Å². The predicted octanol–water partition coefficient (Wildman–Crippen LogP) is 5.04. The predicted molar refractivity (Wildman–Crippen MR) is 167 cm³/mol. The van der Waals surface area contributed by atoms with Crippen molar-refractivity contribution in [2.45, 2.75) is 89.7 Å². The number of hydrogen-bond acceptors (Lipinski definition) is 8. The number of sulfonamides is 1. The maximum atomic E-state index is 13.7. The molecule has 3 N–H and O–H groups in total. The Balaban J connectivity index is 1.91. The molecule has 0 aliphatic carbocycles. The number of nitrogens with one attached hydrogen (secondary N) is 2. The number of amides is 1. The molecule has 1 amide bonds. The third-order valence-corrected chi connectivity index (χ3v) is 9.29. The van der Waals surface area contributed by atoms with Crippen LogP contribution in [0.15, 0.2) is 35.2 Å². The van der Waals surface area contributed by atoms with E-state index < -0.39 is 39.2 Å². The number of benzene rings is 2. The summed E-state index contributed by atoms with van der Waals surface area (Å²) in [5, 5.41) is 25.1. The first-order chi connectivity index (χ1) is 20.5. The lowest BCUT2D eigenvalue weighted by molar-refractivity contribution is -0.386. The minimum absolute atomic E-state index is 0.0216. The van der Waals surface area contributed by atoms with E-state index in [-0.39, 0.29) is 45.9 Å². The lowest BCUT2D eigenvalue weighted by Crippen LogP contribution is -2.46. The highest BCUT2D eigenvalue weighted by molar-refractivity contribution is 7.89. The van der Waals surface area contributed by atoms with Gasteiger partial charge in [-0.05, 0) is 65.5 Å². The maximum Gasteiger partial charge on any atom is 0.410 e. The molecule has 1 aliphatic heterocycles. The molecule has 2 aromatic rings. The van der Waals surface area contributed by atoms with Crippen molar-refractivity contribution in [1.29, 1.82) is 0 Å². The van der Waals surface area contributed by atoms with Crippen LogP contribution in [0.1, 0.15) is 100 Å². The number of carboxylic acids is 1. The van der Waals surface area contributed by atoms with Gasteiger partial charge in [0.25, 0.3) is 5.69 Å². The van der Waals surface area contributed by atoms with E-state index in [1.807, 2.05) is 41.5 Å². The number of aliphatic carboxylic acids is 1. The number of nitro groups is 1. The number of carbonyl (C=O) groups excluding carboxylic acids is 1. The second-order valence-corrected chi connectivity index (χ2v) is 13.8. The smallest absolute Gasteiger partial charge is 0.410 e. The van der Waals surface area contributed by atoms with Crippen molar-refractivity contribution in [1.82, 2.24) is 14.9 Å². The van der Waals surface area contributed by atoms with Gasteiger partial charge in [0.05, 0.1) is 15.4 Å². The molecule has 12 nitrogen and oxygen atoms in total. The minimum Gasteiger partial charge on any atom is -0.480 e. The molecule has 1 unspecified atom stereocenters. The van der Waals surface area contributed by atoms with Crippen LogP contribution in [0.2, 0.25) is 0 Å². The highest BCUT2D eigenvalue weighted by Gasteiger charge is 2.32. The van der Waals surface area contributed by atoms with Gasteiger partial charge in [0, 0.05) is 32.2 Å². The van der Waals surface area contributed by atoms with Gasteiger partial charge < -0.3 is 20.1 Å². The molecule has 0 radical (unpaired) electrons. The van der Waals surface area contributed by atoms with E-state index in [0.717, 1.165) is 11.1 Å². The number of hydrogen-bond donors (Lipinski definition) is 3. The van der Waals surface area contributed by atoms with Crippen molar-refractivity contribution in [3.8, 4) is 0 Å². The second kappa shape index (κ2) is 14.5. The Morgan fingerprint density at radius 3 is 2.09 bits per heavy atom. The van der Waals surface area contributed by atoms with Crippen molar-refractivity contribution < 1.29 is 32.8 Å².